The van der Waals surface area contributed by atoms with Crippen LogP contribution in [-0.2, 0) is 10.0 Å². The number of halogens is 1. The number of sulfonamides is 1. The van der Waals surface area contributed by atoms with Crippen molar-refractivity contribution in [1.29, 1.82) is 0 Å². The Kier molecular flexibility index (Phi) is 6.56. The van der Waals surface area contributed by atoms with Crippen molar-refractivity contribution in [2.75, 3.05) is 34.3 Å². The molecular formula is C19H23FN2O4S. The second-order valence-corrected chi connectivity index (χ2v) is 8.44. The lowest BCUT2D eigenvalue weighted by Crippen LogP contribution is -2.31. The predicted molar refractivity (Wildman–Crippen MR) is 101 cm³/mol. The molecule has 0 aliphatic rings. The zero-order valence-corrected chi connectivity index (χ0v) is 16.6. The molecule has 0 heterocycles. The molecule has 27 heavy (non-hydrogen) atoms. The molecule has 1 amide bonds. The van der Waals surface area contributed by atoms with E-state index in [1.807, 2.05) is 31.2 Å². The van der Waals surface area contributed by atoms with Crippen molar-refractivity contribution in [1.82, 2.24) is 9.21 Å². The molecule has 0 aliphatic carbocycles. The number of carbonyl (C=O) groups is 1. The van der Waals surface area contributed by atoms with Gasteiger partial charge in [-0.25, -0.2) is 17.1 Å². The molecule has 0 saturated heterocycles. The zero-order chi connectivity index (χ0) is 20.2. The number of carbonyl (C=O) groups excluding carboxylic acids is 1. The summed E-state index contributed by atoms with van der Waals surface area (Å²) < 4.78 is 44.9. The summed E-state index contributed by atoms with van der Waals surface area (Å²) in [5.74, 6) is -0.610. The Morgan fingerprint density at radius 3 is 2.44 bits per heavy atom. The van der Waals surface area contributed by atoms with E-state index >= 15 is 0 Å². The Labute approximate surface area is 159 Å². The first kappa shape index (κ1) is 20.9. The molecule has 0 fully saturated rings. The van der Waals surface area contributed by atoms with Gasteiger partial charge >= 0.3 is 0 Å². The Morgan fingerprint density at radius 1 is 1.11 bits per heavy atom. The fourth-order valence-corrected chi connectivity index (χ4v) is 3.34. The maximum atomic E-state index is 14.0. The van der Waals surface area contributed by atoms with Crippen LogP contribution in [0.25, 0.3) is 0 Å². The largest absolute Gasteiger partial charge is 0.492 e. The summed E-state index contributed by atoms with van der Waals surface area (Å²) in [6, 6.07) is 10.9. The van der Waals surface area contributed by atoms with Crippen molar-refractivity contribution in [2.24, 2.45) is 0 Å². The van der Waals surface area contributed by atoms with Crippen LogP contribution in [0.3, 0.4) is 0 Å². The fraction of sp³-hybridized carbons (Fsp3) is 0.316. The van der Waals surface area contributed by atoms with Gasteiger partial charge in [-0.1, -0.05) is 12.1 Å². The van der Waals surface area contributed by atoms with Gasteiger partial charge in [-0.3, -0.25) is 4.79 Å². The highest BCUT2D eigenvalue weighted by atomic mass is 32.2. The normalized spacial score (nSPS) is 11.5. The topological polar surface area (TPSA) is 66.9 Å². The third-order valence-electron chi connectivity index (χ3n) is 3.97. The Morgan fingerprint density at radius 2 is 1.81 bits per heavy atom. The zero-order valence-electron chi connectivity index (χ0n) is 15.8. The summed E-state index contributed by atoms with van der Waals surface area (Å²) in [4.78, 5) is 13.4. The summed E-state index contributed by atoms with van der Waals surface area (Å²) in [6.45, 7) is 2.52. The number of ether oxygens (including phenoxy) is 1. The van der Waals surface area contributed by atoms with E-state index in [2.05, 4.69) is 0 Å². The van der Waals surface area contributed by atoms with Crippen LogP contribution in [0.4, 0.5) is 4.39 Å². The summed E-state index contributed by atoms with van der Waals surface area (Å²) in [6.07, 6.45) is 0. The number of rotatable bonds is 7. The van der Waals surface area contributed by atoms with Gasteiger partial charge < -0.3 is 9.64 Å². The SMILES string of the molecule is Cc1cccc(OCCN(C)C(=O)c2ccc(F)c(S(=O)(=O)N(C)C)c2)c1. The van der Waals surface area contributed by atoms with Gasteiger partial charge in [0.1, 0.15) is 23.1 Å². The molecule has 0 aromatic heterocycles. The third kappa shape index (κ3) is 5.05. The van der Waals surface area contributed by atoms with E-state index in [4.69, 9.17) is 4.74 Å². The molecule has 0 spiro atoms. The molecule has 0 radical (unpaired) electrons. The van der Waals surface area contributed by atoms with Gasteiger partial charge in [-0.2, -0.15) is 0 Å². The minimum Gasteiger partial charge on any atom is -0.492 e. The Bertz CT molecular complexity index is 929. The smallest absolute Gasteiger partial charge is 0.253 e. The van der Waals surface area contributed by atoms with Gasteiger partial charge in [0.25, 0.3) is 5.91 Å². The van der Waals surface area contributed by atoms with Gasteiger partial charge in [0.05, 0.1) is 6.54 Å². The number of likely N-dealkylation sites (N-methyl/N-ethyl adjacent to an activating group) is 1. The molecule has 2 aromatic rings. The molecule has 0 atom stereocenters. The average Bonchev–Trinajstić information content (AvgIpc) is 2.61. The highest BCUT2D eigenvalue weighted by Crippen LogP contribution is 2.20. The van der Waals surface area contributed by atoms with E-state index in [0.717, 1.165) is 22.0 Å². The maximum absolute atomic E-state index is 14.0. The number of nitrogens with zero attached hydrogens (tertiary/aromatic N) is 2. The standard InChI is InChI=1S/C19H23FN2O4S/c1-14-6-5-7-16(12-14)26-11-10-22(4)19(23)15-8-9-17(20)18(13-15)27(24,25)21(2)3/h5-9,12-13H,10-11H2,1-4H3. The summed E-state index contributed by atoms with van der Waals surface area (Å²) in [5.41, 5.74) is 1.16. The number of hydrogen-bond acceptors (Lipinski definition) is 4. The van der Waals surface area contributed by atoms with Crippen molar-refractivity contribution in [3.63, 3.8) is 0 Å². The van der Waals surface area contributed by atoms with Crippen LogP contribution in [-0.4, -0.2) is 57.8 Å². The van der Waals surface area contributed by atoms with Crippen molar-refractivity contribution >= 4 is 15.9 Å². The first-order valence-corrected chi connectivity index (χ1v) is 9.74. The molecule has 0 bridgehead atoms. The first-order valence-electron chi connectivity index (χ1n) is 8.30. The van der Waals surface area contributed by atoms with Gasteiger partial charge in [0.2, 0.25) is 10.0 Å². The molecule has 0 unspecified atom stereocenters. The highest BCUT2D eigenvalue weighted by molar-refractivity contribution is 7.89. The van der Waals surface area contributed by atoms with Crippen molar-refractivity contribution in [3.8, 4) is 5.75 Å². The van der Waals surface area contributed by atoms with E-state index in [1.165, 1.54) is 25.1 Å². The summed E-state index contributed by atoms with van der Waals surface area (Å²) >= 11 is 0. The first-order chi connectivity index (χ1) is 12.6. The van der Waals surface area contributed by atoms with Crippen LogP contribution >= 0.6 is 0 Å². The molecule has 0 N–H and O–H groups in total. The maximum Gasteiger partial charge on any atom is 0.253 e. The van der Waals surface area contributed by atoms with Gasteiger partial charge in [-0.05, 0) is 42.8 Å². The minimum absolute atomic E-state index is 0.0925. The Balaban J connectivity index is 2.08. The van der Waals surface area contributed by atoms with Gasteiger partial charge in [-0.15, -0.1) is 0 Å². The lowest BCUT2D eigenvalue weighted by molar-refractivity contribution is 0.0773. The van der Waals surface area contributed by atoms with Crippen LogP contribution in [0.1, 0.15) is 15.9 Å². The lowest BCUT2D eigenvalue weighted by Gasteiger charge is -2.19. The third-order valence-corrected chi connectivity index (χ3v) is 5.80. The van der Waals surface area contributed by atoms with Crippen LogP contribution in [0, 0.1) is 12.7 Å². The van der Waals surface area contributed by atoms with Crippen molar-refractivity contribution < 1.29 is 22.3 Å². The molecular weight excluding hydrogens is 371 g/mol. The number of aryl methyl sites for hydroxylation is 1. The molecule has 2 rings (SSSR count). The molecule has 2 aromatic carbocycles. The monoisotopic (exact) mass is 394 g/mol. The van der Waals surface area contributed by atoms with Crippen LogP contribution in [0.15, 0.2) is 47.4 Å². The van der Waals surface area contributed by atoms with Crippen LogP contribution in [0.5, 0.6) is 5.75 Å². The number of hydrogen-bond donors (Lipinski definition) is 0. The minimum atomic E-state index is -3.98. The quantitative estimate of drug-likeness (QED) is 0.724. The molecule has 0 saturated carbocycles. The number of benzene rings is 2. The Hall–Kier alpha value is -2.45. The molecule has 6 nitrogen and oxygen atoms in total. The second kappa shape index (κ2) is 8.49. The lowest BCUT2D eigenvalue weighted by atomic mass is 10.2. The van der Waals surface area contributed by atoms with E-state index in [9.17, 15) is 17.6 Å². The molecule has 0 aliphatic heterocycles. The fourth-order valence-electron chi connectivity index (χ4n) is 2.36. The van der Waals surface area contributed by atoms with Crippen molar-refractivity contribution in [3.05, 3.63) is 59.4 Å². The second-order valence-electron chi connectivity index (χ2n) is 6.32. The molecule has 8 heteroatoms. The molecule has 146 valence electrons. The number of amides is 1. The van der Waals surface area contributed by atoms with E-state index in [-0.39, 0.29) is 12.2 Å². The van der Waals surface area contributed by atoms with Crippen LogP contribution < -0.4 is 4.74 Å². The van der Waals surface area contributed by atoms with Gasteiger partial charge in [0.15, 0.2) is 0 Å². The van der Waals surface area contributed by atoms with E-state index in [1.54, 1.807) is 7.05 Å². The highest BCUT2D eigenvalue weighted by Gasteiger charge is 2.24. The van der Waals surface area contributed by atoms with Crippen LogP contribution in [0.2, 0.25) is 0 Å². The van der Waals surface area contributed by atoms with Gasteiger partial charge in [0, 0.05) is 26.7 Å². The van der Waals surface area contributed by atoms with Crippen molar-refractivity contribution in [2.45, 2.75) is 11.8 Å². The predicted octanol–water partition coefficient (Wildman–Crippen LogP) is 2.54. The summed E-state index contributed by atoms with van der Waals surface area (Å²) in [7, 11) is 0.199. The van der Waals surface area contributed by atoms with E-state index < -0.39 is 26.6 Å². The summed E-state index contributed by atoms with van der Waals surface area (Å²) in [5, 5.41) is 0. The average molecular weight is 394 g/mol. The van der Waals surface area contributed by atoms with E-state index in [0.29, 0.717) is 12.3 Å².